The maximum Gasteiger partial charge on any atom is 0.157 e. The number of rotatable bonds is 4. The monoisotopic (exact) mass is 343 g/mol. The molecular weight excluding hydrogens is 322 g/mol. The van der Waals surface area contributed by atoms with Crippen molar-refractivity contribution in [1.82, 2.24) is 0 Å². The summed E-state index contributed by atoms with van der Waals surface area (Å²) in [6, 6.07) is 5.84. The maximum absolute atomic E-state index is 11.2. The van der Waals surface area contributed by atoms with Crippen molar-refractivity contribution in [2.24, 2.45) is 5.73 Å². The summed E-state index contributed by atoms with van der Waals surface area (Å²) in [5.74, 6) is 0.726. The second kappa shape index (κ2) is 6.02. The highest BCUT2D eigenvalue weighted by Crippen LogP contribution is 2.41. The Hall–Kier alpha value is -0.780. The first-order chi connectivity index (χ1) is 10.4. The van der Waals surface area contributed by atoms with Crippen molar-refractivity contribution in [3.63, 3.8) is 0 Å². The molecule has 0 unspecified atom stereocenters. The van der Waals surface area contributed by atoms with Gasteiger partial charge in [0.05, 0.1) is 16.5 Å². The van der Waals surface area contributed by atoms with Crippen molar-refractivity contribution >= 4 is 21.4 Å². The molecule has 22 heavy (non-hydrogen) atoms. The summed E-state index contributed by atoms with van der Waals surface area (Å²) in [7, 11) is -2.89. The van der Waals surface area contributed by atoms with Gasteiger partial charge in [0.15, 0.2) is 9.84 Å². The molecule has 0 atom stereocenters. The zero-order valence-corrected chi connectivity index (χ0v) is 14.1. The largest absolute Gasteiger partial charge is 0.487 e. The number of ether oxygens (including phenoxy) is 1. The van der Waals surface area contributed by atoms with Gasteiger partial charge in [-0.05, 0) is 30.5 Å². The van der Waals surface area contributed by atoms with Crippen LogP contribution >= 0.6 is 11.6 Å². The molecule has 4 nitrogen and oxygen atoms in total. The fourth-order valence-corrected chi connectivity index (χ4v) is 4.93. The Balaban J connectivity index is 1.77. The Bertz CT molecular complexity index is 641. The van der Waals surface area contributed by atoms with Gasteiger partial charge in [0.2, 0.25) is 0 Å². The van der Waals surface area contributed by atoms with Gasteiger partial charge in [0.1, 0.15) is 11.9 Å². The van der Waals surface area contributed by atoms with E-state index >= 15 is 0 Å². The summed E-state index contributed by atoms with van der Waals surface area (Å²) in [5.41, 5.74) is 7.26. The minimum atomic E-state index is -2.89. The van der Waals surface area contributed by atoms with Gasteiger partial charge < -0.3 is 10.5 Å². The van der Waals surface area contributed by atoms with E-state index in [4.69, 9.17) is 22.1 Å². The average Bonchev–Trinajstić information content (AvgIpc) is 2.48. The van der Waals surface area contributed by atoms with Gasteiger partial charge in [-0.1, -0.05) is 36.9 Å². The first-order valence-corrected chi connectivity index (χ1v) is 10.0. The van der Waals surface area contributed by atoms with E-state index in [1.165, 1.54) is 24.8 Å². The van der Waals surface area contributed by atoms with E-state index in [1.807, 2.05) is 18.2 Å². The third-order valence-electron chi connectivity index (χ3n) is 4.92. The third kappa shape index (κ3) is 3.12. The van der Waals surface area contributed by atoms with Crippen molar-refractivity contribution in [2.75, 3.05) is 18.1 Å². The first kappa shape index (κ1) is 16.1. The Labute approximate surface area is 136 Å². The SMILES string of the molecule is NCC1(c2ccc(OC3CS(=O)(=O)C3)c(Cl)c2)CCCCC1. The molecule has 1 aromatic carbocycles. The van der Waals surface area contributed by atoms with Crippen molar-refractivity contribution in [3.05, 3.63) is 28.8 Å². The number of hydrogen-bond donors (Lipinski definition) is 1. The summed E-state index contributed by atoms with van der Waals surface area (Å²) in [6.45, 7) is 0.629. The summed E-state index contributed by atoms with van der Waals surface area (Å²) in [4.78, 5) is 0. The van der Waals surface area contributed by atoms with E-state index < -0.39 is 9.84 Å². The molecule has 0 aromatic heterocycles. The summed E-state index contributed by atoms with van der Waals surface area (Å²) >= 11 is 6.35. The van der Waals surface area contributed by atoms with Crippen LogP contribution in [0.2, 0.25) is 5.02 Å². The van der Waals surface area contributed by atoms with E-state index in [9.17, 15) is 8.42 Å². The zero-order valence-electron chi connectivity index (χ0n) is 12.6. The third-order valence-corrected chi connectivity index (χ3v) is 6.97. The van der Waals surface area contributed by atoms with Gasteiger partial charge in [0.25, 0.3) is 0 Å². The van der Waals surface area contributed by atoms with E-state index in [1.54, 1.807) is 0 Å². The predicted molar refractivity (Wildman–Crippen MR) is 88.3 cm³/mol. The van der Waals surface area contributed by atoms with E-state index in [2.05, 4.69) is 0 Å². The lowest BCUT2D eigenvalue weighted by Gasteiger charge is -2.37. The molecule has 1 saturated heterocycles. The van der Waals surface area contributed by atoms with Gasteiger partial charge in [0, 0.05) is 12.0 Å². The Morgan fingerprint density at radius 1 is 1.23 bits per heavy atom. The zero-order chi connectivity index (χ0) is 15.8. The quantitative estimate of drug-likeness (QED) is 0.912. The van der Waals surface area contributed by atoms with Crippen molar-refractivity contribution in [3.8, 4) is 5.75 Å². The summed E-state index contributed by atoms with van der Waals surface area (Å²) < 4.78 is 28.1. The molecule has 1 saturated carbocycles. The average molecular weight is 344 g/mol. The maximum atomic E-state index is 11.2. The fourth-order valence-electron chi connectivity index (χ4n) is 3.53. The van der Waals surface area contributed by atoms with Crippen LogP contribution in [-0.4, -0.2) is 32.6 Å². The molecule has 0 spiro atoms. The predicted octanol–water partition coefficient (Wildman–Crippen LogP) is 2.68. The molecule has 2 aliphatic rings. The molecule has 0 bridgehead atoms. The van der Waals surface area contributed by atoms with Gasteiger partial charge >= 0.3 is 0 Å². The molecule has 0 amide bonds. The number of nitrogens with two attached hydrogens (primary N) is 1. The molecule has 2 N–H and O–H groups in total. The van der Waals surface area contributed by atoms with Crippen LogP contribution in [-0.2, 0) is 15.3 Å². The van der Waals surface area contributed by atoms with Crippen LogP contribution in [0, 0.1) is 0 Å². The van der Waals surface area contributed by atoms with Gasteiger partial charge in [-0.3, -0.25) is 0 Å². The summed E-state index contributed by atoms with van der Waals surface area (Å²) in [5, 5.41) is 0.542. The number of halogens is 1. The molecule has 1 aliphatic heterocycles. The second-order valence-corrected chi connectivity index (χ2v) is 9.07. The molecule has 1 aliphatic carbocycles. The molecule has 3 rings (SSSR count). The Morgan fingerprint density at radius 2 is 1.91 bits per heavy atom. The second-order valence-electron chi connectivity index (χ2n) is 6.51. The highest BCUT2D eigenvalue weighted by molar-refractivity contribution is 7.92. The van der Waals surface area contributed by atoms with Crippen molar-refractivity contribution in [2.45, 2.75) is 43.6 Å². The lowest BCUT2D eigenvalue weighted by atomic mass is 9.69. The molecule has 2 fully saturated rings. The lowest BCUT2D eigenvalue weighted by Crippen LogP contribution is -2.45. The van der Waals surface area contributed by atoms with Crippen LogP contribution in [0.3, 0.4) is 0 Å². The van der Waals surface area contributed by atoms with Crippen LogP contribution in [0.5, 0.6) is 5.75 Å². The molecule has 1 aromatic rings. The van der Waals surface area contributed by atoms with Gasteiger partial charge in [-0.2, -0.15) is 0 Å². The van der Waals surface area contributed by atoms with Crippen molar-refractivity contribution in [1.29, 1.82) is 0 Å². The van der Waals surface area contributed by atoms with Gasteiger partial charge in [-0.15, -0.1) is 0 Å². The Kier molecular flexibility index (Phi) is 4.40. The van der Waals surface area contributed by atoms with Crippen molar-refractivity contribution < 1.29 is 13.2 Å². The van der Waals surface area contributed by atoms with E-state index in [0.717, 1.165) is 12.8 Å². The van der Waals surface area contributed by atoms with E-state index in [0.29, 0.717) is 17.3 Å². The molecule has 0 radical (unpaired) electrons. The highest BCUT2D eigenvalue weighted by Gasteiger charge is 2.36. The van der Waals surface area contributed by atoms with E-state index in [-0.39, 0.29) is 23.0 Å². The smallest absolute Gasteiger partial charge is 0.157 e. The van der Waals surface area contributed by atoms with Crippen LogP contribution < -0.4 is 10.5 Å². The van der Waals surface area contributed by atoms with Gasteiger partial charge in [-0.25, -0.2) is 8.42 Å². The summed E-state index contributed by atoms with van der Waals surface area (Å²) in [6.07, 6.45) is 5.60. The van der Waals surface area contributed by atoms with Crippen LogP contribution in [0.4, 0.5) is 0 Å². The van der Waals surface area contributed by atoms with Crippen LogP contribution in [0.25, 0.3) is 0 Å². The first-order valence-electron chi connectivity index (χ1n) is 7.81. The highest BCUT2D eigenvalue weighted by atomic mass is 35.5. The van der Waals surface area contributed by atoms with Crippen LogP contribution in [0.15, 0.2) is 18.2 Å². The molecule has 1 heterocycles. The number of hydrogen-bond acceptors (Lipinski definition) is 4. The number of sulfone groups is 1. The lowest BCUT2D eigenvalue weighted by molar-refractivity contribution is 0.230. The fraction of sp³-hybridized carbons (Fsp3) is 0.625. The Morgan fingerprint density at radius 3 is 2.45 bits per heavy atom. The standard InChI is InChI=1S/C16H22ClNO3S/c17-14-8-12(16(11-18)6-2-1-3-7-16)4-5-15(14)21-13-9-22(19,20)10-13/h4-5,8,13H,1-3,6-7,9-11,18H2. The molecular formula is C16H22ClNO3S. The number of benzene rings is 1. The van der Waals surface area contributed by atoms with Crippen LogP contribution in [0.1, 0.15) is 37.7 Å². The minimum Gasteiger partial charge on any atom is -0.487 e. The normalized spacial score (nSPS) is 23.7. The topological polar surface area (TPSA) is 69.4 Å². The molecule has 6 heteroatoms. The minimum absolute atomic E-state index is 0.0280. The molecule has 122 valence electrons.